The van der Waals surface area contributed by atoms with E-state index < -0.39 is 0 Å². The van der Waals surface area contributed by atoms with Crippen LogP contribution in [-0.2, 0) is 4.74 Å². The fourth-order valence-electron chi connectivity index (χ4n) is 1.43. The molecule has 0 aliphatic carbocycles. The van der Waals surface area contributed by atoms with Crippen molar-refractivity contribution >= 4 is 33.6 Å². The molecule has 0 amide bonds. The molecule has 1 aliphatic rings. The number of nitrogens with zero attached hydrogens (tertiary/aromatic N) is 1. The van der Waals surface area contributed by atoms with Crippen LogP contribution in [0.3, 0.4) is 0 Å². The number of hydrogen-bond donors (Lipinski definition) is 0. The molecule has 1 fully saturated rings. The molecule has 2 heterocycles. The average Bonchev–Trinajstić information content (AvgIpc) is 2.71. The third kappa shape index (κ3) is 1.82. The molecule has 1 aromatic heterocycles. The van der Waals surface area contributed by atoms with Crippen molar-refractivity contribution in [1.29, 1.82) is 0 Å². The molecule has 0 aromatic carbocycles. The van der Waals surface area contributed by atoms with Crippen LogP contribution in [0.25, 0.3) is 0 Å². The summed E-state index contributed by atoms with van der Waals surface area (Å²) in [7, 11) is 0. The second-order valence-corrected chi connectivity index (χ2v) is 5.20. The van der Waals surface area contributed by atoms with Crippen molar-refractivity contribution in [2.24, 2.45) is 0 Å². The van der Waals surface area contributed by atoms with Gasteiger partial charge in [-0.25, -0.2) is 4.98 Å². The molecule has 5 heteroatoms. The van der Waals surface area contributed by atoms with Gasteiger partial charge < -0.3 is 4.74 Å². The van der Waals surface area contributed by atoms with E-state index in [1.54, 1.807) is 0 Å². The first-order valence-corrected chi connectivity index (χ1v) is 5.61. The van der Waals surface area contributed by atoms with Crippen LogP contribution in [0.1, 0.15) is 27.7 Å². The van der Waals surface area contributed by atoms with Gasteiger partial charge in [0, 0.05) is 17.4 Å². The van der Waals surface area contributed by atoms with Crippen molar-refractivity contribution in [2.45, 2.75) is 12.3 Å². The lowest BCUT2D eigenvalue weighted by molar-refractivity contribution is 0.111. The summed E-state index contributed by atoms with van der Waals surface area (Å²) in [5, 5.41) is 0. The van der Waals surface area contributed by atoms with Gasteiger partial charge >= 0.3 is 0 Å². The number of carbonyl (C=O) groups is 1. The standard InChI is InChI=1S/C8H8BrNO2S/c9-8-10-6(3-11)7(13-8)5-1-2-12-4-5/h3,5H,1-2,4H2. The van der Waals surface area contributed by atoms with Gasteiger partial charge in [0.15, 0.2) is 10.2 Å². The van der Waals surface area contributed by atoms with Crippen molar-refractivity contribution in [3.8, 4) is 0 Å². The Balaban J connectivity index is 2.31. The van der Waals surface area contributed by atoms with E-state index in [9.17, 15) is 4.79 Å². The molecule has 1 atom stereocenters. The summed E-state index contributed by atoms with van der Waals surface area (Å²) in [5.41, 5.74) is 0.562. The van der Waals surface area contributed by atoms with Crippen LogP contribution in [0.15, 0.2) is 3.92 Å². The number of thiazole rings is 1. The third-order valence-electron chi connectivity index (χ3n) is 2.07. The average molecular weight is 262 g/mol. The zero-order valence-corrected chi connectivity index (χ0v) is 9.23. The maximum absolute atomic E-state index is 10.7. The largest absolute Gasteiger partial charge is 0.381 e. The van der Waals surface area contributed by atoms with Gasteiger partial charge in [0.25, 0.3) is 0 Å². The Labute approximate surface area is 88.3 Å². The lowest BCUT2D eigenvalue weighted by atomic mass is 10.1. The van der Waals surface area contributed by atoms with Gasteiger partial charge in [0.1, 0.15) is 5.69 Å². The SMILES string of the molecule is O=Cc1nc(Br)sc1C1CCOC1. The Morgan fingerprint density at radius 3 is 3.15 bits per heavy atom. The number of carbonyl (C=O) groups excluding carboxylic acids is 1. The molecule has 0 saturated carbocycles. The van der Waals surface area contributed by atoms with E-state index in [2.05, 4.69) is 20.9 Å². The zero-order chi connectivity index (χ0) is 9.26. The van der Waals surface area contributed by atoms with Gasteiger partial charge in [-0.1, -0.05) is 0 Å². The normalized spacial score (nSPS) is 22.1. The highest BCUT2D eigenvalue weighted by atomic mass is 79.9. The third-order valence-corrected chi connectivity index (χ3v) is 3.75. The first-order chi connectivity index (χ1) is 6.31. The molecular weight excluding hydrogens is 254 g/mol. The summed E-state index contributed by atoms with van der Waals surface area (Å²) in [6, 6.07) is 0. The fraction of sp³-hybridized carbons (Fsp3) is 0.500. The van der Waals surface area contributed by atoms with Gasteiger partial charge in [-0.2, -0.15) is 0 Å². The number of aldehydes is 1. The smallest absolute Gasteiger partial charge is 0.169 e. The molecule has 13 heavy (non-hydrogen) atoms. The van der Waals surface area contributed by atoms with Gasteiger partial charge in [-0.3, -0.25) is 4.79 Å². The van der Waals surface area contributed by atoms with Crippen molar-refractivity contribution in [3.63, 3.8) is 0 Å². The van der Waals surface area contributed by atoms with E-state index in [0.29, 0.717) is 11.6 Å². The van der Waals surface area contributed by atoms with Crippen LogP contribution in [-0.4, -0.2) is 24.5 Å². The minimum absolute atomic E-state index is 0.365. The molecule has 0 bridgehead atoms. The van der Waals surface area contributed by atoms with Crippen LogP contribution in [0.5, 0.6) is 0 Å². The van der Waals surface area contributed by atoms with Crippen molar-refractivity contribution in [1.82, 2.24) is 4.98 Å². The maximum atomic E-state index is 10.7. The molecule has 1 unspecified atom stereocenters. The van der Waals surface area contributed by atoms with Crippen LogP contribution < -0.4 is 0 Å². The summed E-state index contributed by atoms with van der Waals surface area (Å²) in [4.78, 5) is 15.8. The Bertz CT molecular complexity index is 320. The predicted octanol–water partition coefficient (Wildman–Crippen LogP) is 2.22. The summed E-state index contributed by atoms with van der Waals surface area (Å²) in [6.07, 6.45) is 1.81. The number of halogens is 1. The van der Waals surface area contributed by atoms with Gasteiger partial charge in [-0.05, 0) is 22.4 Å². The highest BCUT2D eigenvalue weighted by Gasteiger charge is 2.23. The van der Waals surface area contributed by atoms with Crippen LogP contribution in [0, 0.1) is 0 Å². The Morgan fingerprint density at radius 2 is 2.54 bits per heavy atom. The van der Waals surface area contributed by atoms with E-state index in [1.165, 1.54) is 11.3 Å². The van der Waals surface area contributed by atoms with Crippen LogP contribution >= 0.6 is 27.3 Å². The van der Waals surface area contributed by atoms with E-state index >= 15 is 0 Å². The molecule has 2 rings (SSSR count). The summed E-state index contributed by atoms with van der Waals surface area (Å²) < 4.78 is 6.04. The highest BCUT2D eigenvalue weighted by Crippen LogP contribution is 2.33. The molecule has 70 valence electrons. The lowest BCUT2D eigenvalue weighted by Crippen LogP contribution is -1.98. The fourth-order valence-corrected chi connectivity index (χ4v) is 3.02. The minimum Gasteiger partial charge on any atom is -0.381 e. The molecule has 0 radical (unpaired) electrons. The monoisotopic (exact) mass is 261 g/mol. The number of ether oxygens (including phenoxy) is 1. The maximum Gasteiger partial charge on any atom is 0.169 e. The second-order valence-electron chi connectivity index (χ2n) is 2.89. The van der Waals surface area contributed by atoms with Crippen molar-refractivity contribution in [3.05, 3.63) is 14.5 Å². The minimum atomic E-state index is 0.365. The topological polar surface area (TPSA) is 39.2 Å². The Hall–Kier alpha value is -0.260. The van der Waals surface area contributed by atoms with E-state index in [-0.39, 0.29) is 0 Å². The summed E-state index contributed by atoms with van der Waals surface area (Å²) in [5.74, 6) is 0.365. The van der Waals surface area contributed by atoms with E-state index in [4.69, 9.17) is 4.74 Å². The molecular formula is C8H8BrNO2S. The zero-order valence-electron chi connectivity index (χ0n) is 6.83. The van der Waals surface area contributed by atoms with E-state index in [0.717, 1.165) is 34.7 Å². The molecule has 3 nitrogen and oxygen atoms in total. The van der Waals surface area contributed by atoms with Crippen molar-refractivity contribution in [2.75, 3.05) is 13.2 Å². The van der Waals surface area contributed by atoms with Gasteiger partial charge in [-0.15, -0.1) is 11.3 Å². The first kappa shape index (κ1) is 9.30. The molecule has 1 aliphatic heterocycles. The summed E-state index contributed by atoms with van der Waals surface area (Å²) >= 11 is 4.81. The second kappa shape index (κ2) is 3.86. The van der Waals surface area contributed by atoms with Gasteiger partial charge in [0.05, 0.1) is 6.61 Å². The molecule has 1 aromatic rings. The summed E-state index contributed by atoms with van der Waals surface area (Å²) in [6.45, 7) is 1.51. The Morgan fingerprint density at radius 1 is 1.69 bits per heavy atom. The molecule has 1 saturated heterocycles. The van der Waals surface area contributed by atoms with E-state index in [1.807, 2.05) is 0 Å². The quantitative estimate of drug-likeness (QED) is 0.767. The van der Waals surface area contributed by atoms with Crippen molar-refractivity contribution < 1.29 is 9.53 Å². The molecule has 0 spiro atoms. The van der Waals surface area contributed by atoms with Crippen LogP contribution in [0.4, 0.5) is 0 Å². The Kier molecular flexibility index (Phi) is 2.76. The molecule has 0 N–H and O–H groups in total. The number of hydrogen-bond acceptors (Lipinski definition) is 4. The lowest BCUT2D eigenvalue weighted by Gasteiger charge is -2.02. The predicted molar refractivity (Wildman–Crippen MR) is 53.4 cm³/mol. The van der Waals surface area contributed by atoms with Gasteiger partial charge in [0.2, 0.25) is 0 Å². The number of rotatable bonds is 2. The highest BCUT2D eigenvalue weighted by molar-refractivity contribution is 9.11. The van der Waals surface area contributed by atoms with Crippen LogP contribution in [0.2, 0.25) is 0 Å². The first-order valence-electron chi connectivity index (χ1n) is 4.00. The number of aromatic nitrogens is 1.